The van der Waals surface area contributed by atoms with E-state index in [1.807, 2.05) is 0 Å². The third-order valence-corrected chi connectivity index (χ3v) is 8.55. The highest BCUT2D eigenvalue weighted by Crippen LogP contribution is 2.48. The van der Waals surface area contributed by atoms with Crippen molar-refractivity contribution in [1.29, 1.82) is 0 Å². The van der Waals surface area contributed by atoms with Gasteiger partial charge in [0.2, 0.25) is 0 Å². The molecule has 0 spiro atoms. The van der Waals surface area contributed by atoms with Gasteiger partial charge >= 0.3 is 6.85 Å². The first-order valence-electron chi connectivity index (χ1n) is 13.3. The number of nitrogens with zero attached hydrogens (tertiary/aromatic N) is 1. The van der Waals surface area contributed by atoms with Crippen LogP contribution in [0.1, 0.15) is 0 Å². The molecule has 38 heavy (non-hydrogen) atoms. The van der Waals surface area contributed by atoms with E-state index in [4.69, 9.17) is 0 Å². The molecule has 0 fully saturated rings. The second kappa shape index (κ2) is 7.37. The number of hydrogen-bond acceptors (Lipinski definition) is 1. The third-order valence-electron chi connectivity index (χ3n) is 8.55. The van der Waals surface area contributed by atoms with Gasteiger partial charge < -0.3 is 4.81 Å². The van der Waals surface area contributed by atoms with Gasteiger partial charge in [-0.25, -0.2) is 0 Å². The molecular formula is C36H22BN. The summed E-state index contributed by atoms with van der Waals surface area (Å²) in [5.41, 5.74) is 10.6. The van der Waals surface area contributed by atoms with Gasteiger partial charge in [0, 0.05) is 22.5 Å². The van der Waals surface area contributed by atoms with Crippen LogP contribution < -0.4 is 15.7 Å². The molecule has 9 rings (SSSR count). The lowest BCUT2D eigenvalue weighted by atomic mass is 9.43. The molecule has 0 atom stereocenters. The monoisotopic (exact) mass is 479 g/mol. The molecule has 0 aliphatic carbocycles. The van der Waals surface area contributed by atoms with Gasteiger partial charge in [-0.1, -0.05) is 103 Å². The van der Waals surface area contributed by atoms with E-state index in [0.717, 1.165) is 0 Å². The van der Waals surface area contributed by atoms with Crippen LogP contribution in [0.4, 0.5) is 11.4 Å². The minimum atomic E-state index is 0.105. The summed E-state index contributed by atoms with van der Waals surface area (Å²) < 4.78 is 0. The zero-order chi connectivity index (χ0) is 24.8. The lowest BCUT2D eigenvalue weighted by Gasteiger charge is -2.43. The topological polar surface area (TPSA) is 3.24 Å². The van der Waals surface area contributed by atoms with Crippen LogP contribution in [0, 0.1) is 0 Å². The van der Waals surface area contributed by atoms with Crippen molar-refractivity contribution in [3.63, 3.8) is 0 Å². The summed E-state index contributed by atoms with van der Waals surface area (Å²) in [6, 6.07) is 49.7. The number of fused-ring (bicyclic) bond motifs is 14. The average molecular weight is 479 g/mol. The Hall–Kier alpha value is -4.82. The fourth-order valence-electron chi connectivity index (χ4n) is 6.84. The van der Waals surface area contributed by atoms with Crippen LogP contribution >= 0.6 is 0 Å². The standard InChI is InChI=1S/C36H22BN/c1-4-12-26-20-34-30(17-23(26)9-1)32-19-25-11-3-6-14-28(25)22-36(32)38-35-21-27-13-5-2-10-24(27)18-31(35)29-15-7-8-16-33(29)37(34)38/h1-22H. The molecule has 1 nitrogen and oxygen atoms in total. The van der Waals surface area contributed by atoms with E-state index in [1.54, 1.807) is 0 Å². The van der Waals surface area contributed by atoms with Crippen molar-refractivity contribution in [2.45, 2.75) is 0 Å². The van der Waals surface area contributed by atoms with Crippen LogP contribution in [-0.2, 0) is 0 Å². The van der Waals surface area contributed by atoms with E-state index < -0.39 is 0 Å². The molecule has 7 aromatic rings. The van der Waals surface area contributed by atoms with Crippen molar-refractivity contribution in [3.05, 3.63) is 133 Å². The molecule has 174 valence electrons. The number of anilines is 2. The molecule has 0 saturated heterocycles. The van der Waals surface area contributed by atoms with Crippen LogP contribution in [0.15, 0.2) is 133 Å². The van der Waals surface area contributed by atoms with E-state index in [0.29, 0.717) is 0 Å². The minimum Gasteiger partial charge on any atom is -0.376 e. The largest absolute Gasteiger partial charge is 0.376 e. The summed E-state index contributed by atoms with van der Waals surface area (Å²) >= 11 is 0. The van der Waals surface area contributed by atoms with Crippen LogP contribution in [-0.4, -0.2) is 6.85 Å². The number of rotatable bonds is 0. The summed E-state index contributed by atoms with van der Waals surface area (Å²) in [5.74, 6) is 0. The Bertz CT molecular complexity index is 2110. The molecular weight excluding hydrogens is 457 g/mol. The Morgan fingerprint density at radius 2 is 0.763 bits per heavy atom. The third kappa shape index (κ3) is 2.67. The van der Waals surface area contributed by atoms with Gasteiger partial charge in [-0.05, 0) is 84.7 Å². The van der Waals surface area contributed by atoms with Gasteiger partial charge in [0.05, 0.1) is 0 Å². The van der Waals surface area contributed by atoms with E-state index in [2.05, 4.69) is 138 Å². The van der Waals surface area contributed by atoms with Gasteiger partial charge in [-0.3, -0.25) is 0 Å². The molecule has 7 aromatic carbocycles. The lowest BCUT2D eigenvalue weighted by Crippen LogP contribution is -2.59. The Morgan fingerprint density at radius 3 is 1.34 bits per heavy atom. The molecule has 0 bridgehead atoms. The predicted molar refractivity (Wildman–Crippen MR) is 163 cm³/mol. The molecule has 0 amide bonds. The molecule has 2 aliphatic heterocycles. The van der Waals surface area contributed by atoms with Gasteiger partial charge in [-0.15, -0.1) is 0 Å². The molecule has 0 N–H and O–H groups in total. The van der Waals surface area contributed by atoms with Crippen LogP contribution in [0.5, 0.6) is 0 Å². The quantitative estimate of drug-likeness (QED) is 0.199. The second-order valence-corrected chi connectivity index (χ2v) is 10.6. The summed E-state index contributed by atoms with van der Waals surface area (Å²) in [4.78, 5) is 2.61. The maximum Gasteiger partial charge on any atom is 0.329 e. The summed E-state index contributed by atoms with van der Waals surface area (Å²) in [5, 5.41) is 7.68. The van der Waals surface area contributed by atoms with Crippen LogP contribution in [0.2, 0.25) is 0 Å². The molecule has 2 heteroatoms. The van der Waals surface area contributed by atoms with Crippen molar-refractivity contribution < 1.29 is 0 Å². The Balaban J connectivity index is 1.46. The van der Waals surface area contributed by atoms with Crippen molar-refractivity contribution in [2.75, 3.05) is 4.81 Å². The maximum absolute atomic E-state index is 2.61. The molecule has 0 unspecified atom stereocenters. The summed E-state index contributed by atoms with van der Waals surface area (Å²) in [6.07, 6.45) is 0. The molecule has 2 aliphatic rings. The smallest absolute Gasteiger partial charge is 0.329 e. The van der Waals surface area contributed by atoms with Gasteiger partial charge in [-0.2, -0.15) is 0 Å². The normalized spacial score (nSPS) is 13.2. The molecule has 0 aromatic heterocycles. The molecule has 0 radical (unpaired) electrons. The van der Waals surface area contributed by atoms with Gasteiger partial charge in [0.15, 0.2) is 0 Å². The zero-order valence-corrected chi connectivity index (χ0v) is 20.7. The summed E-state index contributed by atoms with van der Waals surface area (Å²) in [6.45, 7) is 0.105. The van der Waals surface area contributed by atoms with E-state index in [1.165, 1.54) is 76.9 Å². The van der Waals surface area contributed by atoms with Gasteiger partial charge in [0.25, 0.3) is 0 Å². The number of benzene rings is 7. The zero-order valence-electron chi connectivity index (χ0n) is 20.7. The van der Waals surface area contributed by atoms with Crippen LogP contribution in [0.3, 0.4) is 0 Å². The Morgan fingerprint density at radius 1 is 0.342 bits per heavy atom. The predicted octanol–water partition coefficient (Wildman–Crippen LogP) is 8.05. The first kappa shape index (κ1) is 20.3. The minimum absolute atomic E-state index is 0.105. The van der Waals surface area contributed by atoms with Gasteiger partial charge in [0.1, 0.15) is 0 Å². The van der Waals surface area contributed by atoms with Crippen LogP contribution in [0.25, 0.3) is 54.6 Å². The highest BCUT2D eigenvalue weighted by Gasteiger charge is 2.42. The highest BCUT2D eigenvalue weighted by atomic mass is 15.1. The van der Waals surface area contributed by atoms with Crippen molar-refractivity contribution in [3.8, 4) is 22.3 Å². The highest BCUT2D eigenvalue weighted by molar-refractivity contribution is 6.92. The maximum atomic E-state index is 2.61. The van der Waals surface area contributed by atoms with Crippen molar-refractivity contribution >= 4 is 61.5 Å². The van der Waals surface area contributed by atoms with E-state index in [9.17, 15) is 0 Å². The van der Waals surface area contributed by atoms with Crippen molar-refractivity contribution in [1.82, 2.24) is 0 Å². The Labute approximate surface area is 221 Å². The Kier molecular flexibility index (Phi) is 3.93. The summed E-state index contributed by atoms with van der Waals surface area (Å²) in [7, 11) is 0. The SMILES string of the molecule is c1ccc2c(c1)B1c3cc4ccccc4cc3-c3cc4ccccc4cc3N1c1cc3ccccc3cc1-2. The number of hydrogen-bond donors (Lipinski definition) is 0. The van der Waals surface area contributed by atoms with E-state index >= 15 is 0 Å². The first-order chi connectivity index (χ1) is 18.8. The fourth-order valence-corrected chi connectivity index (χ4v) is 6.84. The average Bonchev–Trinajstić information content (AvgIpc) is 2.98. The first-order valence-corrected chi connectivity index (χ1v) is 13.3. The molecule has 2 heterocycles. The lowest BCUT2D eigenvalue weighted by molar-refractivity contribution is 1.37. The second-order valence-electron chi connectivity index (χ2n) is 10.6. The fraction of sp³-hybridized carbons (Fsp3) is 0. The molecule has 0 saturated carbocycles. The van der Waals surface area contributed by atoms with Crippen molar-refractivity contribution in [2.24, 2.45) is 0 Å². The van der Waals surface area contributed by atoms with E-state index in [-0.39, 0.29) is 6.85 Å².